The van der Waals surface area contributed by atoms with Crippen molar-refractivity contribution >= 4 is 23.6 Å². The van der Waals surface area contributed by atoms with E-state index in [1.54, 1.807) is 11.8 Å². The average Bonchev–Trinajstić information content (AvgIpc) is 2.47. The molecule has 1 aliphatic rings. The zero-order valence-electron chi connectivity index (χ0n) is 11.9. The molecule has 0 saturated carbocycles. The molecule has 7 heteroatoms. The summed E-state index contributed by atoms with van der Waals surface area (Å²) in [5.41, 5.74) is 5.79. The largest absolute Gasteiger partial charge is 0.409 e. The van der Waals surface area contributed by atoms with Crippen molar-refractivity contribution < 1.29 is 10.0 Å². The van der Waals surface area contributed by atoms with Gasteiger partial charge in [-0.15, -0.1) is 0 Å². The zero-order chi connectivity index (χ0) is 14.5. The molecule has 0 aromatic carbocycles. The van der Waals surface area contributed by atoms with Gasteiger partial charge in [0.2, 0.25) is 0 Å². The Labute approximate surface area is 119 Å². The van der Waals surface area contributed by atoms with Gasteiger partial charge in [0.05, 0.1) is 4.75 Å². The number of thioether (sulfide) groups is 1. The molecule has 0 aliphatic carbocycles. The third kappa shape index (κ3) is 3.26. The van der Waals surface area contributed by atoms with Crippen molar-refractivity contribution in [2.45, 2.75) is 31.4 Å². The molecule has 0 spiro atoms. The Morgan fingerprint density at radius 2 is 1.95 bits per heavy atom. The Hall–Kier alpha value is -1.11. The van der Waals surface area contributed by atoms with E-state index < -0.39 is 0 Å². The van der Waals surface area contributed by atoms with Crippen LogP contribution in [0.4, 0.5) is 4.79 Å². The number of piperidine rings is 1. The minimum Gasteiger partial charge on any atom is -0.409 e. The summed E-state index contributed by atoms with van der Waals surface area (Å²) in [4.78, 5) is 15.9. The maximum Gasteiger partial charge on any atom is 0.319 e. The molecule has 0 unspecified atom stereocenters. The lowest BCUT2D eigenvalue weighted by molar-refractivity contribution is 0.145. The summed E-state index contributed by atoms with van der Waals surface area (Å²) in [7, 11) is 0. The van der Waals surface area contributed by atoms with Crippen molar-refractivity contribution in [3.05, 3.63) is 0 Å². The summed E-state index contributed by atoms with van der Waals surface area (Å²) in [5, 5.41) is 12.0. The second-order valence-corrected chi connectivity index (χ2v) is 5.82. The summed E-state index contributed by atoms with van der Waals surface area (Å²) in [6, 6.07) is 0.0826. The third-order valence-corrected chi connectivity index (χ3v) is 5.24. The molecule has 0 aromatic heterocycles. The van der Waals surface area contributed by atoms with Crippen LogP contribution in [0.3, 0.4) is 0 Å². The highest BCUT2D eigenvalue weighted by molar-refractivity contribution is 8.00. The Kier molecular flexibility index (Phi) is 5.78. The molecular formula is C12H24N4O2S. The number of hydrogen-bond acceptors (Lipinski definition) is 4. The predicted molar refractivity (Wildman–Crippen MR) is 78.8 cm³/mol. The summed E-state index contributed by atoms with van der Waals surface area (Å²) >= 11 is 1.59. The van der Waals surface area contributed by atoms with E-state index in [9.17, 15) is 4.79 Å². The minimum absolute atomic E-state index is 0.0826. The highest BCUT2D eigenvalue weighted by Crippen LogP contribution is 2.35. The van der Waals surface area contributed by atoms with Crippen LogP contribution in [0, 0.1) is 0 Å². The number of carbonyl (C=O) groups excluding carboxylic acids is 1. The number of urea groups is 1. The Balaban J connectivity index is 2.69. The van der Waals surface area contributed by atoms with Gasteiger partial charge >= 0.3 is 6.03 Å². The molecule has 0 aromatic rings. The second-order valence-electron chi connectivity index (χ2n) is 4.63. The number of rotatable bonds is 4. The first-order valence-corrected chi connectivity index (χ1v) is 7.84. The molecule has 1 saturated heterocycles. The lowest BCUT2D eigenvalue weighted by Crippen LogP contribution is -2.54. The van der Waals surface area contributed by atoms with Gasteiger partial charge in [-0.1, -0.05) is 5.16 Å². The number of likely N-dealkylation sites (tertiary alicyclic amines) is 1. The van der Waals surface area contributed by atoms with Crippen LogP contribution in [0.15, 0.2) is 5.16 Å². The van der Waals surface area contributed by atoms with E-state index in [1.807, 2.05) is 29.9 Å². The number of amides is 2. The van der Waals surface area contributed by atoms with Crippen LogP contribution in [-0.4, -0.2) is 64.1 Å². The number of nitrogens with two attached hydrogens (primary N) is 1. The van der Waals surface area contributed by atoms with Crippen molar-refractivity contribution in [2.24, 2.45) is 10.9 Å². The Bertz CT molecular complexity index is 337. The van der Waals surface area contributed by atoms with Gasteiger partial charge in [0.1, 0.15) is 0 Å². The normalized spacial score (nSPS) is 19.3. The Morgan fingerprint density at radius 3 is 2.32 bits per heavy atom. The average molecular weight is 288 g/mol. The summed E-state index contributed by atoms with van der Waals surface area (Å²) in [5.74, 6) is 0.259. The smallest absolute Gasteiger partial charge is 0.319 e. The summed E-state index contributed by atoms with van der Waals surface area (Å²) in [6.45, 7) is 6.69. The number of amidine groups is 1. The summed E-state index contributed by atoms with van der Waals surface area (Å²) < 4.78 is -0.339. The molecule has 0 atom stereocenters. The first kappa shape index (κ1) is 15.9. The summed E-state index contributed by atoms with van der Waals surface area (Å²) in [6.07, 6.45) is 3.40. The Morgan fingerprint density at radius 1 is 1.42 bits per heavy atom. The monoisotopic (exact) mass is 288 g/mol. The number of hydrogen-bond donors (Lipinski definition) is 2. The van der Waals surface area contributed by atoms with Crippen LogP contribution in [0.25, 0.3) is 0 Å². The van der Waals surface area contributed by atoms with Crippen molar-refractivity contribution in [1.82, 2.24) is 9.80 Å². The van der Waals surface area contributed by atoms with Crippen LogP contribution in [0.5, 0.6) is 0 Å². The van der Waals surface area contributed by atoms with Gasteiger partial charge in [0.25, 0.3) is 0 Å². The van der Waals surface area contributed by atoms with Crippen molar-refractivity contribution in [3.63, 3.8) is 0 Å². The molecule has 6 nitrogen and oxygen atoms in total. The number of carbonyl (C=O) groups is 1. The van der Waals surface area contributed by atoms with E-state index in [-0.39, 0.29) is 16.6 Å². The highest BCUT2D eigenvalue weighted by atomic mass is 32.2. The fourth-order valence-corrected chi connectivity index (χ4v) is 3.25. The van der Waals surface area contributed by atoms with E-state index >= 15 is 0 Å². The van der Waals surface area contributed by atoms with Gasteiger partial charge < -0.3 is 20.7 Å². The lowest BCUT2D eigenvalue weighted by atomic mass is 9.94. The van der Waals surface area contributed by atoms with E-state index in [0.29, 0.717) is 13.1 Å². The van der Waals surface area contributed by atoms with E-state index in [0.717, 1.165) is 25.9 Å². The van der Waals surface area contributed by atoms with E-state index in [4.69, 9.17) is 10.9 Å². The van der Waals surface area contributed by atoms with Gasteiger partial charge in [-0.2, -0.15) is 11.8 Å². The molecular weight excluding hydrogens is 264 g/mol. The molecule has 19 heavy (non-hydrogen) atoms. The topological polar surface area (TPSA) is 82.2 Å². The molecule has 1 heterocycles. The molecule has 110 valence electrons. The lowest BCUT2D eigenvalue weighted by Gasteiger charge is -2.41. The molecule has 1 rings (SSSR count). The van der Waals surface area contributed by atoms with E-state index in [2.05, 4.69) is 5.16 Å². The SMILES string of the molecule is CCN(CC)C(=O)N1CCC(SC)(C(N)=NO)CC1. The zero-order valence-corrected chi connectivity index (χ0v) is 12.7. The fraction of sp³-hybridized carbons (Fsp3) is 0.833. The first-order chi connectivity index (χ1) is 9.04. The molecule has 1 aliphatic heterocycles. The van der Waals surface area contributed by atoms with Gasteiger partial charge in [0, 0.05) is 26.2 Å². The number of oxime groups is 1. The fourth-order valence-electron chi connectivity index (χ4n) is 2.41. The maximum atomic E-state index is 12.2. The molecule has 3 N–H and O–H groups in total. The molecule has 1 fully saturated rings. The van der Waals surface area contributed by atoms with Crippen molar-refractivity contribution in [2.75, 3.05) is 32.4 Å². The van der Waals surface area contributed by atoms with Crippen LogP contribution in [0.2, 0.25) is 0 Å². The van der Waals surface area contributed by atoms with Gasteiger partial charge in [-0.05, 0) is 32.9 Å². The first-order valence-electron chi connectivity index (χ1n) is 6.61. The predicted octanol–water partition coefficient (Wildman–Crippen LogP) is 1.39. The van der Waals surface area contributed by atoms with Gasteiger partial charge in [-0.25, -0.2) is 4.79 Å². The number of nitrogens with zero attached hydrogens (tertiary/aromatic N) is 3. The quantitative estimate of drug-likeness (QED) is 0.354. The van der Waals surface area contributed by atoms with Crippen LogP contribution in [-0.2, 0) is 0 Å². The third-order valence-electron chi connectivity index (χ3n) is 3.84. The second kappa shape index (κ2) is 6.88. The van der Waals surface area contributed by atoms with Crippen LogP contribution < -0.4 is 5.73 Å². The molecule has 2 amide bonds. The highest BCUT2D eigenvalue weighted by Gasteiger charge is 2.39. The minimum atomic E-state index is -0.339. The van der Waals surface area contributed by atoms with Crippen LogP contribution >= 0.6 is 11.8 Å². The van der Waals surface area contributed by atoms with Crippen molar-refractivity contribution in [1.29, 1.82) is 0 Å². The molecule has 0 radical (unpaired) electrons. The maximum absolute atomic E-state index is 12.2. The molecule has 0 bridgehead atoms. The van der Waals surface area contributed by atoms with Gasteiger partial charge in [0.15, 0.2) is 5.84 Å². The standard InChI is InChI=1S/C12H24N4O2S/c1-4-15(5-2)11(17)16-8-6-12(19-3,7-9-16)10(13)14-18/h18H,4-9H2,1-3H3,(H2,13,14). The van der Waals surface area contributed by atoms with Crippen molar-refractivity contribution in [3.8, 4) is 0 Å². The van der Waals surface area contributed by atoms with Gasteiger partial charge in [-0.3, -0.25) is 0 Å². The van der Waals surface area contributed by atoms with E-state index in [1.165, 1.54) is 0 Å². The van der Waals surface area contributed by atoms with Crippen LogP contribution in [0.1, 0.15) is 26.7 Å².